The van der Waals surface area contributed by atoms with Crippen LogP contribution in [0.2, 0.25) is 0 Å². The molecular weight excluding hydrogens is 302 g/mol. The first-order valence-corrected chi connectivity index (χ1v) is 9.47. The van der Waals surface area contributed by atoms with E-state index in [4.69, 9.17) is 0 Å². The minimum Gasteiger partial charge on any atom is -0.392 e. The van der Waals surface area contributed by atoms with E-state index in [0.29, 0.717) is 12.0 Å². The van der Waals surface area contributed by atoms with Crippen molar-refractivity contribution in [1.82, 2.24) is 4.90 Å². The van der Waals surface area contributed by atoms with Crippen molar-refractivity contribution in [2.24, 2.45) is 0 Å². The summed E-state index contributed by atoms with van der Waals surface area (Å²) in [5, 5.41) is 9.36. The van der Waals surface area contributed by atoms with Crippen molar-refractivity contribution < 1.29 is 18.3 Å². The van der Waals surface area contributed by atoms with E-state index >= 15 is 0 Å². The third-order valence-electron chi connectivity index (χ3n) is 4.54. The summed E-state index contributed by atoms with van der Waals surface area (Å²) in [7, 11) is -3.02. The van der Waals surface area contributed by atoms with Gasteiger partial charge in [-0.25, -0.2) is 8.42 Å². The molecule has 1 aliphatic heterocycles. The number of sulfone groups is 1. The second-order valence-corrected chi connectivity index (χ2v) is 8.53. The Kier molecular flexibility index (Phi) is 3.99. The van der Waals surface area contributed by atoms with E-state index < -0.39 is 9.84 Å². The van der Waals surface area contributed by atoms with E-state index in [1.54, 1.807) is 17.0 Å². The van der Waals surface area contributed by atoms with Crippen LogP contribution in [-0.2, 0) is 16.4 Å². The van der Waals surface area contributed by atoms with Gasteiger partial charge in [-0.2, -0.15) is 0 Å². The van der Waals surface area contributed by atoms with Crippen LogP contribution in [0.4, 0.5) is 0 Å². The molecule has 2 aliphatic rings. The zero-order chi connectivity index (χ0) is 15.9. The molecule has 0 spiro atoms. The zero-order valence-electron chi connectivity index (χ0n) is 12.7. The van der Waals surface area contributed by atoms with Gasteiger partial charge in [-0.3, -0.25) is 4.79 Å². The third kappa shape index (κ3) is 3.03. The van der Waals surface area contributed by atoms with Crippen molar-refractivity contribution in [3.8, 4) is 0 Å². The van der Waals surface area contributed by atoms with Gasteiger partial charge in [0.15, 0.2) is 9.84 Å². The van der Waals surface area contributed by atoms with Gasteiger partial charge >= 0.3 is 0 Å². The van der Waals surface area contributed by atoms with E-state index in [-0.39, 0.29) is 36.1 Å². The Bertz CT molecular complexity index is 694. The molecule has 1 aromatic carbocycles. The van der Waals surface area contributed by atoms with Crippen LogP contribution in [0.1, 0.15) is 40.7 Å². The molecule has 6 heteroatoms. The molecule has 1 atom stereocenters. The Labute approximate surface area is 130 Å². The SMILES string of the molecule is Cc1ccc(C(=O)N(C2CC2)C2CCS(=O)(=O)C2)cc1CO. The predicted octanol–water partition coefficient (Wildman–Crippen LogP) is 1.28. The average Bonchev–Trinajstić information content (AvgIpc) is 3.23. The summed E-state index contributed by atoms with van der Waals surface area (Å²) in [5.74, 6) is 0.136. The minimum absolute atomic E-state index is 0.0773. The van der Waals surface area contributed by atoms with Gasteiger partial charge in [-0.05, 0) is 49.4 Å². The smallest absolute Gasteiger partial charge is 0.254 e. The van der Waals surface area contributed by atoms with Gasteiger partial charge < -0.3 is 10.0 Å². The lowest BCUT2D eigenvalue weighted by atomic mass is 10.0. The van der Waals surface area contributed by atoms with Crippen molar-refractivity contribution in [3.05, 3.63) is 34.9 Å². The molecular formula is C16H21NO4S. The Morgan fingerprint density at radius 1 is 1.27 bits per heavy atom. The van der Waals surface area contributed by atoms with Crippen molar-refractivity contribution in [2.45, 2.75) is 44.9 Å². The van der Waals surface area contributed by atoms with E-state index in [9.17, 15) is 18.3 Å². The molecule has 1 aliphatic carbocycles. The monoisotopic (exact) mass is 323 g/mol. The van der Waals surface area contributed by atoms with Crippen LogP contribution in [0.3, 0.4) is 0 Å². The topological polar surface area (TPSA) is 74.7 Å². The van der Waals surface area contributed by atoms with Crippen LogP contribution in [0, 0.1) is 6.92 Å². The maximum Gasteiger partial charge on any atom is 0.254 e. The molecule has 1 saturated carbocycles. The lowest BCUT2D eigenvalue weighted by Gasteiger charge is -2.28. The summed E-state index contributed by atoms with van der Waals surface area (Å²) >= 11 is 0. The summed E-state index contributed by atoms with van der Waals surface area (Å²) in [5.41, 5.74) is 2.21. The fourth-order valence-electron chi connectivity index (χ4n) is 3.10. The first-order valence-electron chi connectivity index (χ1n) is 7.65. The lowest BCUT2D eigenvalue weighted by Crippen LogP contribution is -2.42. The van der Waals surface area contributed by atoms with Crippen molar-refractivity contribution >= 4 is 15.7 Å². The van der Waals surface area contributed by atoms with Gasteiger partial charge in [0.2, 0.25) is 0 Å². The number of amides is 1. The van der Waals surface area contributed by atoms with Crippen LogP contribution < -0.4 is 0 Å². The zero-order valence-corrected chi connectivity index (χ0v) is 13.5. The van der Waals surface area contributed by atoms with Crippen LogP contribution in [-0.4, -0.2) is 47.9 Å². The van der Waals surface area contributed by atoms with Crippen molar-refractivity contribution in [1.29, 1.82) is 0 Å². The molecule has 1 N–H and O–H groups in total. The lowest BCUT2D eigenvalue weighted by molar-refractivity contribution is 0.0680. The number of nitrogens with zero attached hydrogens (tertiary/aromatic N) is 1. The van der Waals surface area contributed by atoms with Crippen LogP contribution >= 0.6 is 0 Å². The summed E-state index contributed by atoms with van der Waals surface area (Å²) in [4.78, 5) is 14.6. The highest BCUT2D eigenvalue weighted by atomic mass is 32.2. The molecule has 120 valence electrons. The molecule has 3 rings (SSSR count). The predicted molar refractivity (Wildman–Crippen MR) is 83.4 cm³/mol. The number of hydrogen-bond acceptors (Lipinski definition) is 4. The Hall–Kier alpha value is -1.40. The molecule has 5 nitrogen and oxygen atoms in total. The number of carbonyl (C=O) groups is 1. The van der Waals surface area contributed by atoms with Crippen LogP contribution in [0.15, 0.2) is 18.2 Å². The molecule has 0 bridgehead atoms. The van der Waals surface area contributed by atoms with Crippen molar-refractivity contribution in [3.63, 3.8) is 0 Å². The Balaban J connectivity index is 1.87. The van der Waals surface area contributed by atoms with E-state index in [1.165, 1.54) is 0 Å². The van der Waals surface area contributed by atoms with Crippen LogP contribution in [0.5, 0.6) is 0 Å². The number of aryl methyl sites for hydroxylation is 1. The standard InChI is InChI=1S/C16H21NO4S/c1-11-2-3-12(8-13(11)9-18)16(19)17(14-4-5-14)15-6-7-22(20,21)10-15/h2-3,8,14-15,18H,4-7,9-10H2,1H3. The van der Waals surface area contributed by atoms with Crippen LogP contribution in [0.25, 0.3) is 0 Å². The largest absolute Gasteiger partial charge is 0.392 e. The minimum atomic E-state index is -3.02. The third-order valence-corrected chi connectivity index (χ3v) is 6.29. The van der Waals surface area contributed by atoms with E-state index in [2.05, 4.69) is 0 Å². The second-order valence-electron chi connectivity index (χ2n) is 6.30. The number of rotatable bonds is 4. The summed E-state index contributed by atoms with van der Waals surface area (Å²) in [6.45, 7) is 1.79. The summed E-state index contributed by atoms with van der Waals surface area (Å²) in [6, 6.07) is 5.27. The van der Waals surface area contributed by atoms with Gasteiger partial charge in [0.1, 0.15) is 0 Å². The van der Waals surface area contributed by atoms with Crippen molar-refractivity contribution in [2.75, 3.05) is 11.5 Å². The van der Waals surface area contributed by atoms with E-state index in [1.807, 2.05) is 13.0 Å². The molecule has 0 radical (unpaired) electrons. The fourth-order valence-corrected chi connectivity index (χ4v) is 4.81. The highest BCUT2D eigenvalue weighted by Crippen LogP contribution is 2.33. The van der Waals surface area contributed by atoms with Gasteiger partial charge in [0.05, 0.1) is 18.1 Å². The van der Waals surface area contributed by atoms with E-state index in [0.717, 1.165) is 24.0 Å². The number of aliphatic hydroxyl groups is 1. The summed E-state index contributed by atoms with van der Waals surface area (Å²) in [6.07, 6.45) is 2.42. The molecule has 1 saturated heterocycles. The highest BCUT2D eigenvalue weighted by molar-refractivity contribution is 7.91. The normalized spacial score (nSPS) is 23.5. The summed E-state index contributed by atoms with van der Waals surface area (Å²) < 4.78 is 23.4. The van der Waals surface area contributed by atoms with Gasteiger partial charge in [-0.15, -0.1) is 0 Å². The number of aliphatic hydroxyl groups excluding tert-OH is 1. The molecule has 1 amide bonds. The average molecular weight is 323 g/mol. The highest BCUT2D eigenvalue weighted by Gasteiger charge is 2.42. The fraction of sp³-hybridized carbons (Fsp3) is 0.562. The molecule has 0 aromatic heterocycles. The molecule has 1 heterocycles. The van der Waals surface area contributed by atoms with Gasteiger partial charge in [0.25, 0.3) is 5.91 Å². The first-order chi connectivity index (χ1) is 10.4. The maximum absolute atomic E-state index is 12.9. The second kappa shape index (κ2) is 5.66. The maximum atomic E-state index is 12.9. The number of hydrogen-bond donors (Lipinski definition) is 1. The number of carbonyl (C=O) groups excluding carboxylic acids is 1. The molecule has 2 fully saturated rings. The van der Waals surface area contributed by atoms with Gasteiger partial charge in [-0.1, -0.05) is 6.07 Å². The molecule has 1 unspecified atom stereocenters. The Morgan fingerprint density at radius 2 is 2.00 bits per heavy atom. The molecule has 1 aromatic rings. The molecule has 22 heavy (non-hydrogen) atoms. The number of benzene rings is 1. The Morgan fingerprint density at radius 3 is 2.55 bits per heavy atom. The first kappa shape index (κ1) is 15.5. The van der Waals surface area contributed by atoms with Gasteiger partial charge in [0, 0.05) is 17.6 Å². The quantitative estimate of drug-likeness (QED) is 0.906.